The molecule has 0 amide bonds. The Kier molecular flexibility index (Phi) is 4.27. The summed E-state index contributed by atoms with van der Waals surface area (Å²) in [5, 5.41) is 9.76. The summed E-state index contributed by atoms with van der Waals surface area (Å²) >= 11 is 7.35. The molecule has 4 heteroatoms. The van der Waals surface area contributed by atoms with Crippen molar-refractivity contribution in [2.75, 3.05) is 5.32 Å². The summed E-state index contributed by atoms with van der Waals surface area (Å²) < 4.78 is 0. The zero-order valence-corrected chi connectivity index (χ0v) is 13.8. The summed E-state index contributed by atoms with van der Waals surface area (Å²) in [4.78, 5) is 1.40. The van der Waals surface area contributed by atoms with Crippen LogP contribution in [-0.4, -0.2) is 5.11 Å². The lowest BCUT2D eigenvalue weighted by Crippen LogP contribution is -2.45. The van der Waals surface area contributed by atoms with E-state index >= 15 is 0 Å². The number of aryl methyl sites for hydroxylation is 1. The maximum atomic E-state index is 5.53. The van der Waals surface area contributed by atoms with E-state index in [2.05, 4.69) is 59.3 Å². The van der Waals surface area contributed by atoms with E-state index in [9.17, 15) is 0 Å². The zero-order valence-electron chi connectivity index (χ0n) is 12.2. The van der Waals surface area contributed by atoms with Gasteiger partial charge in [0.1, 0.15) is 0 Å². The lowest BCUT2D eigenvalue weighted by molar-refractivity contribution is 0.417. The number of rotatable bonds is 3. The highest BCUT2D eigenvalue weighted by Crippen LogP contribution is 2.40. The first-order valence-electron chi connectivity index (χ1n) is 7.38. The molecule has 21 heavy (non-hydrogen) atoms. The van der Waals surface area contributed by atoms with Crippen molar-refractivity contribution in [3.8, 4) is 0 Å². The van der Waals surface area contributed by atoms with Gasteiger partial charge in [0.05, 0.1) is 5.54 Å². The van der Waals surface area contributed by atoms with Crippen LogP contribution in [0.25, 0.3) is 0 Å². The quantitative estimate of drug-likeness (QED) is 0.794. The van der Waals surface area contributed by atoms with Gasteiger partial charge in [0.2, 0.25) is 0 Å². The average Bonchev–Trinajstić information content (AvgIpc) is 3.12. The minimum Gasteiger partial charge on any atom is -0.352 e. The van der Waals surface area contributed by atoms with Crippen molar-refractivity contribution < 1.29 is 0 Å². The largest absolute Gasteiger partial charge is 0.352 e. The Morgan fingerprint density at radius 3 is 2.48 bits per heavy atom. The Morgan fingerprint density at radius 1 is 1.14 bits per heavy atom. The van der Waals surface area contributed by atoms with Crippen LogP contribution < -0.4 is 10.6 Å². The molecule has 0 aliphatic heterocycles. The van der Waals surface area contributed by atoms with Crippen LogP contribution in [0.4, 0.5) is 5.69 Å². The molecule has 2 N–H and O–H groups in total. The first-order valence-corrected chi connectivity index (χ1v) is 8.67. The van der Waals surface area contributed by atoms with Gasteiger partial charge in [0, 0.05) is 10.6 Å². The number of anilines is 1. The molecule has 110 valence electrons. The summed E-state index contributed by atoms with van der Waals surface area (Å²) in [6, 6.07) is 12.7. The van der Waals surface area contributed by atoms with E-state index < -0.39 is 0 Å². The Hall–Kier alpha value is -1.39. The van der Waals surface area contributed by atoms with Crippen LogP contribution >= 0.6 is 23.6 Å². The first kappa shape index (κ1) is 14.5. The van der Waals surface area contributed by atoms with Crippen molar-refractivity contribution in [3.05, 3.63) is 52.2 Å². The maximum Gasteiger partial charge on any atom is 0.171 e. The molecule has 0 bridgehead atoms. The fourth-order valence-electron chi connectivity index (χ4n) is 2.98. The molecule has 1 fully saturated rings. The Morgan fingerprint density at radius 2 is 1.86 bits per heavy atom. The van der Waals surface area contributed by atoms with Crippen LogP contribution in [-0.2, 0) is 5.54 Å². The average molecular weight is 316 g/mol. The Balaban J connectivity index is 1.71. The van der Waals surface area contributed by atoms with E-state index in [-0.39, 0.29) is 5.54 Å². The predicted molar refractivity (Wildman–Crippen MR) is 95.0 cm³/mol. The highest BCUT2D eigenvalue weighted by molar-refractivity contribution is 7.80. The van der Waals surface area contributed by atoms with E-state index in [4.69, 9.17) is 12.2 Å². The summed E-state index contributed by atoms with van der Waals surface area (Å²) in [6.07, 6.45) is 4.84. The smallest absolute Gasteiger partial charge is 0.171 e. The topological polar surface area (TPSA) is 24.1 Å². The van der Waals surface area contributed by atoms with E-state index in [1.807, 2.05) is 11.3 Å². The van der Waals surface area contributed by atoms with Crippen LogP contribution in [0.5, 0.6) is 0 Å². The zero-order chi connectivity index (χ0) is 14.7. The second-order valence-electron chi connectivity index (χ2n) is 5.71. The predicted octanol–water partition coefficient (Wildman–Crippen LogP) is 4.81. The molecule has 2 nitrogen and oxygen atoms in total. The summed E-state index contributed by atoms with van der Waals surface area (Å²) in [7, 11) is 0. The van der Waals surface area contributed by atoms with Crippen molar-refractivity contribution in [2.24, 2.45) is 0 Å². The van der Waals surface area contributed by atoms with Gasteiger partial charge in [-0.15, -0.1) is 11.3 Å². The molecular weight excluding hydrogens is 296 g/mol. The molecule has 0 unspecified atom stereocenters. The first-order chi connectivity index (χ1) is 10.2. The SMILES string of the molecule is Cc1ccc(NC(=S)NC2(c3cccs3)CCCC2)cc1. The molecule has 3 rings (SSSR count). The second kappa shape index (κ2) is 6.16. The van der Waals surface area contributed by atoms with Crippen LogP contribution in [0, 0.1) is 6.92 Å². The summed E-state index contributed by atoms with van der Waals surface area (Å²) in [6.45, 7) is 2.09. The van der Waals surface area contributed by atoms with Gasteiger partial charge in [0.25, 0.3) is 0 Å². The van der Waals surface area contributed by atoms with Gasteiger partial charge in [-0.1, -0.05) is 36.6 Å². The molecule has 2 aromatic rings. The monoisotopic (exact) mass is 316 g/mol. The number of thiophene rings is 1. The van der Waals surface area contributed by atoms with Gasteiger partial charge in [-0.2, -0.15) is 0 Å². The molecular formula is C17H20N2S2. The second-order valence-corrected chi connectivity index (χ2v) is 7.07. The van der Waals surface area contributed by atoms with Gasteiger partial charge < -0.3 is 10.6 Å². The lowest BCUT2D eigenvalue weighted by atomic mass is 9.96. The summed E-state index contributed by atoms with van der Waals surface area (Å²) in [5.74, 6) is 0. The number of benzene rings is 1. The standard InChI is InChI=1S/C17H20N2S2/c1-13-6-8-14(9-7-13)18-16(20)19-17(10-2-3-11-17)15-5-4-12-21-15/h4-9,12H,2-3,10-11H2,1H3,(H2,18,19,20). The molecule has 0 radical (unpaired) electrons. The molecule has 0 atom stereocenters. The van der Waals surface area contributed by atoms with E-state index in [0.717, 1.165) is 18.5 Å². The molecule has 1 aromatic heterocycles. The number of hydrogen-bond acceptors (Lipinski definition) is 2. The third-order valence-corrected chi connectivity index (χ3v) is 5.39. The summed E-state index contributed by atoms with van der Waals surface area (Å²) in [5.41, 5.74) is 2.32. The molecule has 0 saturated heterocycles. The van der Waals surface area contributed by atoms with Gasteiger partial charge in [-0.3, -0.25) is 0 Å². The maximum absolute atomic E-state index is 5.53. The normalized spacial score (nSPS) is 16.6. The third-order valence-electron chi connectivity index (χ3n) is 4.11. The molecule has 1 aliphatic rings. The molecule has 1 heterocycles. The fourth-order valence-corrected chi connectivity index (χ4v) is 4.23. The lowest BCUT2D eigenvalue weighted by Gasteiger charge is -2.31. The number of hydrogen-bond donors (Lipinski definition) is 2. The highest BCUT2D eigenvalue weighted by atomic mass is 32.1. The van der Waals surface area contributed by atoms with Gasteiger partial charge in [-0.25, -0.2) is 0 Å². The molecule has 1 aromatic carbocycles. The van der Waals surface area contributed by atoms with Crippen LogP contribution in [0.1, 0.15) is 36.1 Å². The number of thiocarbonyl (C=S) groups is 1. The Bertz CT molecular complexity index is 596. The van der Waals surface area contributed by atoms with Gasteiger partial charge >= 0.3 is 0 Å². The van der Waals surface area contributed by atoms with Gasteiger partial charge in [0.15, 0.2) is 5.11 Å². The minimum atomic E-state index is 0.0307. The molecule has 1 aliphatic carbocycles. The van der Waals surface area contributed by atoms with Crippen LogP contribution in [0.15, 0.2) is 41.8 Å². The van der Waals surface area contributed by atoms with E-state index in [0.29, 0.717) is 5.11 Å². The molecule has 1 saturated carbocycles. The van der Waals surface area contributed by atoms with Crippen molar-refractivity contribution >= 4 is 34.4 Å². The van der Waals surface area contributed by atoms with Crippen molar-refractivity contribution in [2.45, 2.75) is 38.1 Å². The van der Waals surface area contributed by atoms with Gasteiger partial charge in [-0.05, 0) is 55.6 Å². The van der Waals surface area contributed by atoms with Crippen molar-refractivity contribution in [1.82, 2.24) is 5.32 Å². The van der Waals surface area contributed by atoms with Crippen molar-refractivity contribution in [1.29, 1.82) is 0 Å². The number of nitrogens with one attached hydrogen (secondary N) is 2. The van der Waals surface area contributed by atoms with E-state index in [1.54, 1.807) is 0 Å². The highest BCUT2D eigenvalue weighted by Gasteiger charge is 2.37. The van der Waals surface area contributed by atoms with Crippen LogP contribution in [0.3, 0.4) is 0 Å². The third kappa shape index (κ3) is 3.27. The minimum absolute atomic E-state index is 0.0307. The molecule has 0 spiro atoms. The van der Waals surface area contributed by atoms with Crippen molar-refractivity contribution in [3.63, 3.8) is 0 Å². The van der Waals surface area contributed by atoms with Crippen LogP contribution in [0.2, 0.25) is 0 Å². The Labute approximate surface area is 135 Å². The van der Waals surface area contributed by atoms with E-state index in [1.165, 1.54) is 23.3 Å². The fraction of sp³-hybridized carbons (Fsp3) is 0.353.